The summed E-state index contributed by atoms with van der Waals surface area (Å²) >= 11 is 11.6. The van der Waals surface area contributed by atoms with Crippen molar-refractivity contribution < 1.29 is 9.90 Å². The van der Waals surface area contributed by atoms with Crippen LogP contribution in [-0.2, 0) is 4.79 Å². The van der Waals surface area contributed by atoms with Gasteiger partial charge in [0.15, 0.2) is 0 Å². The Morgan fingerprint density at radius 1 is 1.27 bits per heavy atom. The van der Waals surface area contributed by atoms with Crippen molar-refractivity contribution in [1.29, 1.82) is 0 Å². The maximum atomic E-state index is 10.8. The van der Waals surface area contributed by atoms with E-state index in [0.717, 1.165) is 5.56 Å². The Morgan fingerprint density at radius 3 is 2.33 bits per heavy atom. The van der Waals surface area contributed by atoms with Gasteiger partial charge in [-0.1, -0.05) is 43.1 Å². The third kappa shape index (κ3) is 2.86. The van der Waals surface area contributed by atoms with Crippen LogP contribution in [0.2, 0.25) is 10.0 Å². The van der Waals surface area contributed by atoms with E-state index in [-0.39, 0.29) is 5.92 Å². The molecule has 1 aromatic rings. The molecule has 1 N–H and O–H groups in total. The average molecular weight is 247 g/mol. The smallest absolute Gasteiger partial charge is 0.306 e. The van der Waals surface area contributed by atoms with Gasteiger partial charge in [-0.25, -0.2) is 0 Å². The van der Waals surface area contributed by atoms with Gasteiger partial charge in [0, 0.05) is 0 Å². The van der Waals surface area contributed by atoms with E-state index in [0.29, 0.717) is 10.0 Å². The maximum absolute atomic E-state index is 10.8. The van der Waals surface area contributed by atoms with Gasteiger partial charge in [-0.15, -0.1) is 0 Å². The van der Waals surface area contributed by atoms with E-state index in [1.165, 1.54) is 0 Å². The zero-order valence-electron chi connectivity index (χ0n) is 8.50. The summed E-state index contributed by atoms with van der Waals surface area (Å²) in [4.78, 5) is 10.8. The van der Waals surface area contributed by atoms with Crippen LogP contribution in [0.5, 0.6) is 0 Å². The molecule has 82 valence electrons. The molecule has 2 nitrogen and oxygen atoms in total. The van der Waals surface area contributed by atoms with Crippen LogP contribution >= 0.6 is 23.2 Å². The van der Waals surface area contributed by atoms with E-state index in [9.17, 15) is 4.79 Å². The predicted octanol–water partition coefficient (Wildman–Crippen LogP) is 3.82. The number of benzene rings is 1. The van der Waals surface area contributed by atoms with E-state index in [1.807, 2.05) is 6.92 Å². The maximum Gasteiger partial charge on any atom is 0.306 e. The molecular weight excluding hydrogens is 235 g/mol. The number of carbonyl (C=O) groups is 1. The quantitative estimate of drug-likeness (QED) is 0.881. The Labute approximate surface area is 98.8 Å². The van der Waals surface area contributed by atoms with Gasteiger partial charge >= 0.3 is 5.97 Å². The van der Waals surface area contributed by atoms with Crippen molar-refractivity contribution in [2.24, 2.45) is 5.92 Å². The molecule has 0 saturated carbocycles. The second kappa shape index (κ2) is 4.86. The highest BCUT2D eigenvalue weighted by atomic mass is 35.5. The molecular formula is C11H12Cl2O2. The molecule has 4 heteroatoms. The molecule has 1 aromatic carbocycles. The van der Waals surface area contributed by atoms with Gasteiger partial charge in [-0.3, -0.25) is 4.79 Å². The first-order chi connectivity index (χ1) is 6.93. The molecule has 0 aliphatic heterocycles. The Bertz CT molecular complexity index is 377. The van der Waals surface area contributed by atoms with Gasteiger partial charge in [-0.2, -0.15) is 0 Å². The van der Waals surface area contributed by atoms with Crippen LogP contribution < -0.4 is 0 Å². The van der Waals surface area contributed by atoms with Crippen LogP contribution in [-0.4, -0.2) is 11.1 Å². The fourth-order valence-corrected chi connectivity index (χ4v) is 1.60. The Hall–Kier alpha value is -0.730. The SMILES string of the molecule is CC(C(=O)O)C(C)c1ccc(Cl)c(Cl)c1. The van der Waals surface area contributed by atoms with E-state index in [4.69, 9.17) is 28.3 Å². The minimum absolute atomic E-state index is 0.0859. The van der Waals surface area contributed by atoms with Gasteiger partial charge < -0.3 is 5.11 Å². The highest BCUT2D eigenvalue weighted by Crippen LogP contribution is 2.30. The van der Waals surface area contributed by atoms with Crippen molar-refractivity contribution in [2.75, 3.05) is 0 Å². The van der Waals surface area contributed by atoms with Crippen LogP contribution in [0.3, 0.4) is 0 Å². The highest BCUT2D eigenvalue weighted by Gasteiger charge is 2.21. The number of halogens is 2. The van der Waals surface area contributed by atoms with Crippen molar-refractivity contribution >= 4 is 29.2 Å². The third-order valence-corrected chi connectivity index (χ3v) is 3.35. The number of carboxylic acid groups (broad SMARTS) is 1. The molecule has 0 bridgehead atoms. The van der Waals surface area contributed by atoms with Gasteiger partial charge in [0.25, 0.3) is 0 Å². The van der Waals surface area contributed by atoms with E-state index in [2.05, 4.69) is 0 Å². The first-order valence-corrected chi connectivity index (χ1v) is 5.37. The van der Waals surface area contributed by atoms with Gasteiger partial charge in [0.05, 0.1) is 16.0 Å². The zero-order chi connectivity index (χ0) is 11.6. The summed E-state index contributed by atoms with van der Waals surface area (Å²) in [5, 5.41) is 9.82. The Morgan fingerprint density at radius 2 is 1.87 bits per heavy atom. The number of aliphatic carboxylic acids is 1. The summed E-state index contributed by atoms with van der Waals surface area (Å²) < 4.78 is 0. The van der Waals surface area contributed by atoms with Gasteiger partial charge in [-0.05, 0) is 23.6 Å². The summed E-state index contributed by atoms with van der Waals surface area (Å²) in [6, 6.07) is 5.20. The molecule has 0 spiro atoms. The number of rotatable bonds is 3. The lowest BCUT2D eigenvalue weighted by Gasteiger charge is -2.16. The molecule has 0 aliphatic carbocycles. The summed E-state index contributed by atoms with van der Waals surface area (Å²) in [6.45, 7) is 3.54. The van der Waals surface area contributed by atoms with Crippen LogP contribution in [0, 0.1) is 5.92 Å². The lowest BCUT2D eigenvalue weighted by molar-refractivity contribution is -0.141. The standard InChI is InChI=1S/C11H12Cl2O2/c1-6(7(2)11(14)15)8-3-4-9(12)10(13)5-8/h3-7H,1-2H3,(H,14,15). The van der Waals surface area contributed by atoms with Crippen molar-refractivity contribution in [3.05, 3.63) is 33.8 Å². The first kappa shape index (κ1) is 12.3. The molecule has 0 heterocycles. The van der Waals surface area contributed by atoms with Crippen molar-refractivity contribution in [3.63, 3.8) is 0 Å². The summed E-state index contributed by atoms with van der Waals surface area (Å²) in [5.74, 6) is -1.34. The Kier molecular flexibility index (Phi) is 4.00. The van der Waals surface area contributed by atoms with Crippen LogP contribution in [0.15, 0.2) is 18.2 Å². The fraction of sp³-hybridized carbons (Fsp3) is 0.364. The average Bonchev–Trinajstić information content (AvgIpc) is 2.19. The highest BCUT2D eigenvalue weighted by molar-refractivity contribution is 6.42. The lowest BCUT2D eigenvalue weighted by atomic mass is 9.89. The first-order valence-electron chi connectivity index (χ1n) is 4.61. The molecule has 15 heavy (non-hydrogen) atoms. The van der Waals surface area contributed by atoms with Gasteiger partial charge in [0.2, 0.25) is 0 Å². The second-order valence-corrected chi connectivity index (χ2v) is 4.40. The summed E-state index contributed by atoms with van der Waals surface area (Å²) in [6.07, 6.45) is 0. The third-order valence-electron chi connectivity index (χ3n) is 2.61. The molecule has 0 aromatic heterocycles. The van der Waals surface area contributed by atoms with E-state index < -0.39 is 11.9 Å². The molecule has 0 amide bonds. The lowest BCUT2D eigenvalue weighted by Crippen LogP contribution is -2.16. The normalized spacial score (nSPS) is 14.7. The van der Waals surface area contributed by atoms with Crippen LogP contribution in [0.25, 0.3) is 0 Å². The molecule has 0 aliphatic rings. The predicted molar refractivity (Wildman–Crippen MR) is 61.7 cm³/mol. The Balaban J connectivity index is 2.96. The minimum atomic E-state index is -0.812. The number of hydrogen-bond acceptors (Lipinski definition) is 1. The molecule has 0 fully saturated rings. The van der Waals surface area contributed by atoms with Crippen molar-refractivity contribution in [1.82, 2.24) is 0 Å². The topological polar surface area (TPSA) is 37.3 Å². The molecule has 0 radical (unpaired) electrons. The summed E-state index contributed by atoms with van der Waals surface area (Å²) in [7, 11) is 0. The fourth-order valence-electron chi connectivity index (χ4n) is 1.30. The molecule has 2 atom stereocenters. The zero-order valence-corrected chi connectivity index (χ0v) is 10.0. The van der Waals surface area contributed by atoms with E-state index in [1.54, 1.807) is 25.1 Å². The van der Waals surface area contributed by atoms with Crippen molar-refractivity contribution in [3.8, 4) is 0 Å². The van der Waals surface area contributed by atoms with Crippen LogP contribution in [0.4, 0.5) is 0 Å². The van der Waals surface area contributed by atoms with Crippen molar-refractivity contribution in [2.45, 2.75) is 19.8 Å². The summed E-state index contributed by atoms with van der Waals surface area (Å²) in [5.41, 5.74) is 0.888. The number of carboxylic acids is 1. The molecule has 0 saturated heterocycles. The number of hydrogen-bond donors (Lipinski definition) is 1. The monoisotopic (exact) mass is 246 g/mol. The molecule has 2 unspecified atom stereocenters. The minimum Gasteiger partial charge on any atom is -0.481 e. The van der Waals surface area contributed by atoms with Crippen LogP contribution in [0.1, 0.15) is 25.3 Å². The largest absolute Gasteiger partial charge is 0.481 e. The molecule has 1 rings (SSSR count). The van der Waals surface area contributed by atoms with E-state index >= 15 is 0 Å². The second-order valence-electron chi connectivity index (χ2n) is 3.59. The van der Waals surface area contributed by atoms with Gasteiger partial charge in [0.1, 0.15) is 0 Å².